The first-order chi connectivity index (χ1) is 26.5. The fourth-order valence-corrected chi connectivity index (χ4v) is 8.83. The van der Waals surface area contributed by atoms with Gasteiger partial charge in [-0.3, -0.25) is 0 Å². The summed E-state index contributed by atoms with van der Waals surface area (Å²) < 4.78 is 26.7. The molecular weight excluding hydrogens is 671 g/mol. The normalized spacial score (nSPS) is 23.0. The van der Waals surface area contributed by atoms with E-state index in [0.29, 0.717) is 6.61 Å². The molecule has 2 aliphatic rings. The number of hydrogen-bond donors (Lipinski definition) is 1. The van der Waals surface area contributed by atoms with E-state index < -0.39 is 0 Å². The molecule has 1 N–H and O–H groups in total. The highest BCUT2D eigenvalue weighted by molar-refractivity contribution is 4.81. The Labute approximate surface area is 337 Å². The van der Waals surface area contributed by atoms with Crippen LogP contribution in [0.5, 0.6) is 0 Å². The number of aliphatic hydroxyl groups is 1. The lowest BCUT2D eigenvalue weighted by Crippen LogP contribution is -2.31. The van der Waals surface area contributed by atoms with Crippen LogP contribution in [-0.2, 0) is 18.9 Å². The number of ether oxygens (including phenoxy) is 4. The number of unbranched alkanes of at least 4 members (excludes halogenated alkanes) is 21. The molecule has 54 heavy (non-hydrogen) atoms. The van der Waals surface area contributed by atoms with Gasteiger partial charge in [0.05, 0.1) is 25.4 Å². The summed E-state index contributed by atoms with van der Waals surface area (Å²) in [5.74, 6) is -0.649. The Morgan fingerprint density at radius 1 is 0.407 bits per heavy atom. The first-order valence-corrected chi connectivity index (χ1v) is 24.5. The average molecular weight is 766 g/mol. The third kappa shape index (κ3) is 23.9. The molecule has 2 saturated heterocycles. The Morgan fingerprint density at radius 3 is 1.07 bits per heavy atom. The first-order valence-electron chi connectivity index (χ1n) is 24.5. The lowest BCUT2D eigenvalue weighted by molar-refractivity contribution is -0.180. The van der Waals surface area contributed by atoms with Crippen LogP contribution in [0.1, 0.15) is 246 Å². The monoisotopic (exact) mass is 766 g/mol. The predicted molar refractivity (Wildman–Crippen MR) is 230 cm³/mol. The van der Waals surface area contributed by atoms with E-state index in [-0.39, 0.29) is 23.8 Å². The molecule has 4 atom stereocenters. The lowest BCUT2D eigenvalue weighted by Gasteiger charge is -2.29. The third-order valence-corrected chi connectivity index (χ3v) is 12.4. The fourth-order valence-electron chi connectivity index (χ4n) is 8.83. The van der Waals surface area contributed by atoms with Crippen LogP contribution < -0.4 is 0 Å². The summed E-state index contributed by atoms with van der Waals surface area (Å²) in [6, 6.07) is 0. The SMILES string of the molecule is CCCCCCCCCC1(CCCCCC)OCC(CCCCN(CCCCO)CCCCC2COC(CCCCCC)(CCCCCCCCC)O2)O1. The Kier molecular flexibility index (Phi) is 31.1. The molecule has 0 aliphatic carbocycles. The van der Waals surface area contributed by atoms with E-state index in [2.05, 4.69) is 32.6 Å². The molecule has 0 amide bonds. The van der Waals surface area contributed by atoms with Crippen LogP contribution in [0.15, 0.2) is 0 Å². The fraction of sp³-hybridized carbons (Fsp3) is 1.00. The lowest BCUT2D eigenvalue weighted by atomic mass is 9.99. The van der Waals surface area contributed by atoms with Crippen molar-refractivity contribution in [3.63, 3.8) is 0 Å². The van der Waals surface area contributed by atoms with Crippen LogP contribution in [-0.4, -0.2) is 73.2 Å². The van der Waals surface area contributed by atoms with Crippen molar-refractivity contribution < 1.29 is 24.1 Å². The summed E-state index contributed by atoms with van der Waals surface area (Å²) in [6.07, 6.45) is 42.7. The van der Waals surface area contributed by atoms with Gasteiger partial charge in [-0.2, -0.15) is 0 Å². The van der Waals surface area contributed by atoms with E-state index in [1.165, 1.54) is 167 Å². The Hall–Kier alpha value is -0.240. The van der Waals surface area contributed by atoms with Gasteiger partial charge >= 0.3 is 0 Å². The van der Waals surface area contributed by atoms with Gasteiger partial charge in [-0.1, -0.05) is 143 Å². The van der Waals surface area contributed by atoms with Crippen molar-refractivity contribution in [3.05, 3.63) is 0 Å². The predicted octanol–water partition coefficient (Wildman–Crippen LogP) is 13.8. The van der Waals surface area contributed by atoms with Gasteiger partial charge < -0.3 is 29.0 Å². The van der Waals surface area contributed by atoms with E-state index in [1.54, 1.807) is 0 Å². The van der Waals surface area contributed by atoms with Crippen LogP contribution in [0.25, 0.3) is 0 Å². The Balaban J connectivity index is 1.73. The van der Waals surface area contributed by atoms with Crippen molar-refractivity contribution in [1.82, 2.24) is 4.90 Å². The van der Waals surface area contributed by atoms with Crippen LogP contribution in [0.3, 0.4) is 0 Å². The largest absolute Gasteiger partial charge is 0.396 e. The van der Waals surface area contributed by atoms with E-state index in [0.717, 1.165) is 84.2 Å². The Bertz CT molecular complexity index is 754. The first kappa shape index (κ1) is 49.9. The van der Waals surface area contributed by atoms with E-state index in [4.69, 9.17) is 18.9 Å². The van der Waals surface area contributed by atoms with Crippen molar-refractivity contribution in [1.29, 1.82) is 0 Å². The molecule has 0 saturated carbocycles. The van der Waals surface area contributed by atoms with Crippen molar-refractivity contribution in [3.8, 4) is 0 Å². The highest BCUT2D eigenvalue weighted by Gasteiger charge is 2.41. The molecule has 2 rings (SSSR count). The summed E-state index contributed by atoms with van der Waals surface area (Å²) >= 11 is 0. The van der Waals surface area contributed by atoms with Gasteiger partial charge in [0.2, 0.25) is 0 Å². The number of rotatable bonds is 40. The molecule has 6 nitrogen and oxygen atoms in total. The maximum absolute atomic E-state index is 9.45. The summed E-state index contributed by atoms with van der Waals surface area (Å²) in [5, 5.41) is 9.45. The molecule has 322 valence electrons. The van der Waals surface area contributed by atoms with Crippen LogP contribution in [0.2, 0.25) is 0 Å². The highest BCUT2D eigenvalue weighted by Crippen LogP contribution is 2.37. The highest BCUT2D eigenvalue weighted by atomic mass is 16.7. The van der Waals surface area contributed by atoms with Crippen LogP contribution in [0.4, 0.5) is 0 Å². The number of aliphatic hydroxyl groups excluding tert-OH is 1. The minimum atomic E-state index is -0.325. The van der Waals surface area contributed by atoms with Crippen molar-refractivity contribution in [2.45, 2.75) is 270 Å². The number of nitrogens with zero attached hydrogens (tertiary/aromatic N) is 1. The van der Waals surface area contributed by atoms with Gasteiger partial charge in [0.25, 0.3) is 0 Å². The molecule has 0 spiro atoms. The van der Waals surface area contributed by atoms with Crippen LogP contribution in [0, 0.1) is 0 Å². The molecule has 2 heterocycles. The minimum Gasteiger partial charge on any atom is -0.396 e. The van der Waals surface area contributed by atoms with Gasteiger partial charge in [-0.05, 0) is 96.7 Å². The maximum atomic E-state index is 9.45. The second-order valence-corrected chi connectivity index (χ2v) is 17.6. The second kappa shape index (κ2) is 33.7. The van der Waals surface area contributed by atoms with Gasteiger partial charge in [-0.25, -0.2) is 0 Å². The molecule has 0 aromatic rings. The zero-order valence-electron chi connectivity index (χ0n) is 37.0. The number of hydrogen-bond acceptors (Lipinski definition) is 6. The van der Waals surface area contributed by atoms with E-state index >= 15 is 0 Å². The minimum absolute atomic E-state index is 0.252. The summed E-state index contributed by atoms with van der Waals surface area (Å²) in [4.78, 5) is 2.66. The molecular formula is C48H95NO5. The summed E-state index contributed by atoms with van der Waals surface area (Å²) in [5.41, 5.74) is 0. The molecule has 6 heteroatoms. The Morgan fingerprint density at radius 2 is 0.722 bits per heavy atom. The van der Waals surface area contributed by atoms with Gasteiger partial charge in [-0.15, -0.1) is 0 Å². The maximum Gasteiger partial charge on any atom is 0.168 e. The van der Waals surface area contributed by atoms with Gasteiger partial charge in [0.15, 0.2) is 11.6 Å². The van der Waals surface area contributed by atoms with E-state index in [1.807, 2.05) is 0 Å². The zero-order chi connectivity index (χ0) is 38.8. The standard InChI is InChI=1S/C48H95NO5/c1-5-9-13-17-19-21-27-37-47(35-25-15-11-7-3)51-43-45(53-47)33-23-29-39-49(41-31-32-42-50)40-30-24-34-46-44-52-48(54-46,36-26-16-12-8-4)38-28-22-20-18-14-10-6-2/h45-46,50H,5-44H2,1-4H3. The van der Waals surface area contributed by atoms with Crippen molar-refractivity contribution >= 4 is 0 Å². The summed E-state index contributed by atoms with van der Waals surface area (Å²) in [6.45, 7) is 14.4. The van der Waals surface area contributed by atoms with Crippen molar-refractivity contribution in [2.75, 3.05) is 39.5 Å². The van der Waals surface area contributed by atoms with Gasteiger partial charge in [0.1, 0.15) is 0 Å². The molecule has 2 aliphatic heterocycles. The molecule has 0 bridgehead atoms. The van der Waals surface area contributed by atoms with Gasteiger partial charge in [0, 0.05) is 32.3 Å². The quantitative estimate of drug-likeness (QED) is 0.0627. The topological polar surface area (TPSA) is 60.4 Å². The molecule has 4 unspecified atom stereocenters. The van der Waals surface area contributed by atoms with Crippen molar-refractivity contribution in [2.24, 2.45) is 0 Å². The molecule has 0 radical (unpaired) electrons. The zero-order valence-corrected chi connectivity index (χ0v) is 37.0. The smallest absolute Gasteiger partial charge is 0.168 e. The molecule has 0 aromatic heterocycles. The average Bonchev–Trinajstić information content (AvgIpc) is 3.78. The summed E-state index contributed by atoms with van der Waals surface area (Å²) in [7, 11) is 0. The molecule has 2 fully saturated rings. The van der Waals surface area contributed by atoms with E-state index in [9.17, 15) is 5.11 Å². The van der Waals surface area contributed by atoms with Crippen LogP contribution >= 0.6 is 0 Å². The second-order valence-electron chi connectivity index (χ2n) is 17.6. The molecule has 0 aromatic carbocycles. The third-order valence-electron chi connectivity index (χ3n) is 12.4.